The number of hydrogen-bond donors (Lipinski definition) is 2. The molecule has 0 saturated carbocycles. The predicted octanol–water partition coefficient (Wildman–Crippen LogP) is 2.95. The fourth-order valence-corrected chi connectivity index (χ4v) is 1.77. The van der Waals surface area contributed by atoms with Crippen LogP contribution < -0.4 is 0 Å². The topological polar surface area (TPSA) is 66.0 Å². The first-order valence-corrected chi connectivity index (χ1v) is 5.48. The molecule has 1 aromatic carbocycles. The summed E-state index contributed by atoms with van der Waals surface area (Å²) in [4.78, 5) is 17.6. The van der Waals surface area contributed by atoms with Crippen molar-refractivity contribution in [2.75, 3.05) is 0 Å². The summed E-state index contributed by atoms with van der Waals surface area (Å²) in [6.07, 6.45) is 1.56. The van der Waals surface area contributed by atoms with E-state index in [-0.39, 0.29) is 10.3 Å². The van der Waals surface area contributed by atoms with Gasteiger partial charge in [0.1, 0.15) is 5.82 Å². The molecule has 1 heterocycles. The molecule has 0 aliphatic heterocycles. The maximum atomic E-state index is 13.4. The third-order valence-corrected chi connectivity index (χ3v) is 2.64. The number of benzene rings is 1. The van der Waals surface area contributed by atoms with E-state index in [2.05, 4.69) is 9.97 Å². The van der Waals surface area contributed by atoms with Gasteiger partial charge in [-0.3, -0.25) is 0 Å². The van der Waals surface area contributed by atoms with Crippen molar-refractivity contribution >= 4 is 18.2 Å². The number of hydrogen-bond acceptors (Lipinski definition) is 3. The van der Waals surface area contributed by atoms with Crippen LogP contribution in [0.25, 0.3) is 11.3 Å². The van der Waals surface area contributed by atoms with Gasteiger partial charge in [0.15, 0.2) is 4.77 Å². The van der Waals surface area contributed by atoms with E-state index in [0.717, 1.165) is 11.6 Å². The SMILES string of the molecule is Cc1cnc(=S)[nH]c1-c1cc(F)cc(C(=O)O)c1. The third kappa shape index (κ3) is 2.43. The van der Waals surface area contributed by atoms with Crippen molar-refractivity contribution in [1.82, 2.24) is 9.97 Å². The molecule has 0 radical (unpaired) electrons. The summed E-state index contributed by atoms with van der Waals surface area (Å²) in [5.74, 6) is -1.79. The molecule has 0 aliphatic rings. The number of H-pyrrole nitrogens is 1. The predicted molar refractivity (Wildman–Crippen MR) is 66.5 cm³/mol. The zero-order valence-corrected chi connectivity index (χ0v) is 10.2. The highest BCUT2D eigenvalue weighted by Crippen LogP contribution is 2.22. The summed E-state index contributed by atoms with van der Waals surface area (Å²) < 4.78 is 13.6. The van der Waals surface area contributed by atoms with Crippen LogP contribution >= 0.6 is 12.2 Å². The first-order valence-electron chi connectivity index (χ1n) is 5.07. The molecule has 4 nitrogen and oxygen atoms in total. The van der Waals surface area contributed by atoms with Gasteiger partial charge < -0.3 is 10.1 Å². The summed E-state index contributed by atoms with van der Waals surface area (Å²) in [6.45, 7) is 1.78. The summed E-state index contributed by atoms with van der Waals surface area (Å²) in [5, 5.41) is 8.89. The standard InChI is InChI=1S/C12H9FN2O2S/c1-6-5-14-12(18)15-10(6)7-2-8(11(16)17)4-9(13)3-7/h2-5H,1H3,(H,16,17)(H,14,15,18). The molecular formula is C12H9FN2O2S. The van der Waals surface area contributed by atoms with Gasteiger partial charge >= 0.3 is 5.97 Å². The molecule has 2 aromatic rings. The van der Waals surface area contributed by atoms with Crippen LogP contribution in [0.4, 0.5) is 4.39 Å². The first kappa shape index (κ1) is 12.4. The maximum Gasteiger partial charge on any atom is 0.335 e. The molecule has 0 spiro atoms. The lowest BCUT2D eigenvalue weighted by Crippen LogP contribution is -1.99. The van der Waals surface area contributed by atoms with Crippen molar-refractivity contribution in [3.05, 3.63) is 46.1 Å². The van der Waals surface area contributed by atoms with Crippen molar-refractivity contribution in [2.24, 2.45) is 0 Å². The second-order valence-corrected chi connectivity index (χ2v) is 4.17. The van der Waals surface area contributed by atoms with Crippen molar-refractivity contribution in [2.45, 2.75) is 6.92 Å². The van der Waals surface area contributed by atoms with Gasteiger partial charge in [-0.1, -0.05) is 0 Å². The average Bonchev–Trinajstić information content (AvgIpc) is 2.31. The van der Waals surface area contributed by atoms with Gasteiger partial charge in [0, 0.05) is 11.8 Å². The van der Waals surface area contributed by atoms with Gasteiger partial charge in [0.05, 0.1) is 11.3 Å². The van der Waals surface area contributed by atoms with Crippen molar-refractivity contribution in [3.63, 3.8) is 0 Å². The Balaban J connectivity index is 2.67. The number of carboxylic acids is 1. The van der Waals surface area contributed by atoms with Gasteiger partial charge in [0.2, 0.25) is 0 Å². The minimum Gasteiger partial charge on any atom is -0.478 e. The quantitative estimate of drug-likeness (QED) is 0.818. The minimum atomic E-state index is -1.18. The van der Waals surface area contributed by atoms with Gasteiger partial charge in [-0.2, -0.15) is 0 Å². The van der Waals surface area contributed by atoms with Crippen LogP contribution in [0.1, 0.15) is 15.9 Å². The number of aromatic carboxylic acids is 1. The van der Waals surface area contributed by atoms with Crippen LogP contribution in [0.15, 0.2) is 24.4 Å². The molecule has 0 amide bonds. The van der Waals surface area contributed by atoms with E-state index in [0.29, 0.717) is 11.3 Å². The van der Waals surface area contributed by atoms with E-state index in [1.165, 1.54) is 12.1 Å². The fourth-order valence-electron chi connectivity index (χ4n) is 1.62. The van der Waals surface area contributed by atoms with E-state index in [1.807, 2.05) is 0 Å². The van der Waals surface area contributed by atoms with Gasteiger partial charge in [-0.25, -0.2) is 14.2 Å². The van der Waals surface area contributed by atoms with Crippen LogP contribution in [0.3, 0.4) is 0 Å². The second kappa shape index (κ2) is 4.66. The highest BCUT2D eigenvalue weighted by atomic mass is 32.1. The number of rotatable bonds is 2. The number of nitrogens with zero attached hydrogens (tertiary/aromatic N) is 1. The number of aromatic nitrogens is 2. The molecule has 0 bridgehead atoms. The molecule has 6 heteroatoms. The number of nitrogens with one attached hydrogen (secondary N) is 1. The third-order valence-electron chi connectivity index (χ3n) is 2.44. The number of aryl methyl sites for hydroxylation is 1. The summed E-state index contributed by atoms with van der Waals surface area (Å²) >= 11 is 4.90. The molecule has 2 rings (SSSR count). The monoisotopic (exact) mass is 264 g/mol. The smallest absolute Gasteiger partial charge is 0.335 e. The van der Waals surface area contributed by atoms with Crippen LogP contribution in [0.2, 0.25) is 0 Å². The van der Waals surface area contributed by atoms with E-state index in [1.54, 1.807) is 13.1 Å². The Morgan fingerprint density at radius 1 is 1.44 bits per heavy atom. The second-order valence-electron chi connectivity index (χ2n) is 3.78. The van der Waals surface area contributed by atoms with E-state index >= 15 is 0 Å². The molecular weight excluding hydrogens is 255 g/mol. The molecule has 92 valence electrons. The van der Waals surface area contributed by atoms with Crippen LogP contribution in [-0.2, 0) is 0 Å². The summed E-state index contributed by atoms with van der Waals surface area (Å²) in [5.41, 5.74) is 1.64. The number of halogens is 1. The highest BCUT2D eigenvalue weighted by molar-refractivity contribution is 7.71. The lowest BCUT2D eigenvalue weighted by atomic mass is 10.0. The van der Waals surface area contributed by atoms with Crippen molar-refractivity contribution in [1.29, 1.82) is 0 Å². The molecule has 0 unspecified atom stereocenters. The molecule has 0 aliphatic carbocycles. The zero-order chi connectivity index (χ0) is 13.3. The molecule has 0 saturated heterocycles. The average molecular weight is 264 g/mol. The van der Waals surface area contributed by atoms with Crippen molar-refractivity contribution in [3.8, 4) is 11.3 Å². The normalized spacial score (nSPS) is 10.3. The lowest BCUT2D eigenvalue weighted by molar-refractivity contribution is 0.0696. The number of carboxylic acid groups (broad SMARTS) is 1. The first-order chi connectivity index (χ1) is 8.47. The van der Waals surface area contributed by atoms with Gasteiger partial charge in [-0.05, 0) is 42.9 Å². The largest absolute Gasteiger partial charge is 0.478 e. The molecule has 2 N–H and O–H groups in total. The number of carbonyl (C=O) groups is 1. The Labute approximate surface area is 107 Å². The van der Waals surface area contributed by atoms with Crippen molar-refractivity contribution < 1.29 is 14.3 Å². The molecule has 1 aromatic heterocycles. The van der Waals surface area contributed by atoms with E-state index in [9.17, 15) is 9.18 Å². The van der Waals surface area contributed by atoms with Gasteiger partial charge in [0.25, 0.3) is 0 Å². The Morgan fingerprint density at radius 3 is 2.83 bits per heavy atom. The highest BCUT2D eigenvalue weighted by Gasteiger charge is 2.10. The van der Waals surface area contributed by atoms with Gasteiger partial charge in [-0.15, -0.1) is 0 Å². The zero-order valence-electron chi connectivity index (χ0n) is 9.40. The maximum absolute atomic E-state index is 13.4. The Morgan fingerprint density at radius 2 is 2.17 bits per heavy atom. The summed E-state index contributed by atoms with van der Waals surface area (Å²) in [7, 11) is 0. The minimum absolute atomic E-state index is 0.111. The number of aromatic amines is 1. The lowest BCUT2D eigenvalue weighted by Gasteiger charge is -2.07. The van der Waals surface area contributed by atoms with E-state index < -0.39 is 11.8 Å². The molecule has 0 atom stereocenters. The molecule has 18 heavy (non-hydrogen) atoms. The molecule has 0 fully saturated rings. The Kier molecular flexibility index (Phi) is 3.20. The fraction of sp³-hybridized carbons (Fsp3) is 0.0833. The van der Waals surface area contributed by atoms with E-state index in [4.69, 9.17) is 17.3 Å². The van der Waals surface area contributed by atoms with Crippen LogP contribution in [0, 0.1) is 17.5 Å². The Hall–Kier alpha value is -2.08. The van der Waals surface area contributed by atoms with Crippen LogP contribution in [-0.4, -0.2) is 21.0 Å². The summed E-state index contributed by atoms with van der Waals surface area (Å²) in [6, 6.07) is 3.61. The Bertz CT molecular complexity index is 682. The van der Waals surface area contributed by atoms with Crippen LogP contribution in [0.5, 0.6) is 0 Å².